The zero-order valence-corrected chi connectivity index (χ0v) is 15.6. The molecule has 0 amide bonds. The number of tetrazole rings is 1. The fourth-order valence-corrected chi connectivity index (χ4v) is 3.96. The number of aromatic nitrogens is 4. The Hall–Kier alpha value is -3.33. The van der Waals surface area contributed by atoms with Crippen LogP contribution in [0, 0.1) is 0 Å². The molecule has 1 unspecified atom stereocenters. The zero-order valence-electron chi connectivity index (χ0n) is 15.6. The largest absolute Gasteiger partial charge is 0.492 e. The van der Waals surface area contributed by atoms with Crippen molar-refractivity contribution in [3.05, 3.63) is 47.3 Å². The molecular weight excluding hydrogens is 360 g/mol. The number of likely N-dealkylation sites (N-methyl/N-ethyl adjacent to an activating group) is 1. The first-order valence-electron chi connectivity index (χ1n) is 9.01. The van der Waals surface area contributed by atoms with E-state index in [-0.39, 0.29) is 12.8 Å². The minimum absolute atomic E-state index is 0.191. The van der Waals surface area contributed by atoms with E-state index in [0.717, 1.165) is 29.8 Å². The van der Waals surface area contributed by atoms with Crippen molar-refractivity contribution in [1.82, 2.24) is 25.1 Å². The number of nitrogens with zero attached hydrogens (tertiary/aromatic N) is 5. The molecule has 0 saturated heterocycles. The highest BCUT2D eigenvalue weighted by atomic mass is 16.7. The molecule has 2 aliphatic heterocycles. The molecule has 1 aromatic heterocycles. The second-order valence-corrected chi connectivity index (χ2v) is 6.89. The standard InChI is InChI=1S/C19H20N6O3/c1-24-7-6-11-8-14-17(28-10-27-14)18(26-2)15(11)16(24)19-21-22-23-25(19)13-5-3-4-12(20)9-13/h3-5,8-9,16H,6-7,10,20H2,1-2H3. The molecule has 144 valence electrons. The van der Waals surface area contributed by atoms with Crippen molar-refractivity contribution in [3.63, 3.8) is 0 Å². The molecule has 3 heterocycles. The fourth-order valence-electron chi connectivity index (χ4n) is 3.96. The molecule has 0 saturated carbocycles. The molecule has 9 nitrogen and oxygen atoms in total. The summed E-state index contributed by atoms with van der Waals surface area (Å²) in [6.45, 7) is 1.04. The van der Waals surface area contributed by atoms with Gasteiger partial charge in [-0.25, -0.2) is 0 Å². The van der Waals surface area contributed by atoms with Crippen molar-refractivity contribution in [3.8, 4) is 22.9 Å². The van der Waals surface area contributed by atoms with Gasteiger partial charge >= 0.3 is 0 Å². The maximum atomic E-state index is 5.96. The van der Waals surface area contributed by atoms with Crippen LogP contribution in [0.1, 0.15) is 23.0 Å². The molecule has 0 fully saturated rings. The van der Waals surface area contributed by atoms with Crippen LogP contribution in [0.4, 0.5) is 5.69 Å². The Bertz CT molecular complexity index is 1050. The molecule has 0 aliphatic carbocycles. The Balaban J connectivity index is 1.71. The summed E-state index contributed by atoms with van der Waals surface area (Å²) in [7, 11) is 3.69. The van der Waals surface area contributed by atoms with E-state index < -0.39 is 0 Å². The number of methoxy groups -OCH3 is 1. The number of hydrogen-bond acceptors (Lipinski definition) is 8. The van der Waals surface area contributed by atoms with Gasteiger partial charge < -0.3 is 19.9 Å². The van der Waals surface area contributed by atoms with E-state index in [9.17, 15) is 0 Å². The van der Waals surface area contributed by atoms with Crippen LogP contribution in [-0.4, -0.2) is 52.6 Å². The third kappa shape index (κ3) is 2.47. The number of ether oxygens (including phenoxy) is 3. The maximum Gasteiger partial charge on any atom is 0.231 e. The molecule has 1 atom stereocenters. The predicted molar refractivity (Wildman–Crippen MR) is 101 cm³/mol. The van der Waals surface area contributed by atoms with Gasteiger partial charge in [0.1, 0.15) is 6.04 Å². The molecule has 2 aromatic carbocycles. The molecule has 5 rings (SSSR count). The van der Waals surface area contributed by atoms with Gasteiger partial charge in [-0.05, 0) is 53.7 Å². The van der Waals surface area contributed by atoms with Crippen molar-refractivity contribution in [2.45, 2.75) is 12.5 Å². The second-order valence-electron chi connectivity index (χ2n) is 6.89. The van der Waals surface area contributed by atoms with Gasteiger partial charge in [0.15, 0.2) is 17.3 Å². The highest BCUT2D eigenvalue weighted by Crippen LogP contribution is 2.50. The fraction of sp³-hybridized carbons (Fsp3) is 0.316. The van der Waals surface area contributed by atoms with Gasteiger partial charge in [-0.2, -0.15) is 4.68 Å². The first kappa shape index (κ1) is 16.8. The van der Waals surface area contributed by atoms with Gasteiger partial charge in [-0.15, -0.1) is 5.10 Å². The van der Waals surface area contributed by atoms with E-state index in [1.807, 2.05) is 30.3 Å². The number of anilines is 1. The molecule has 0 radical (unpaired) electrons. The number of hydrogen-bond donors (Lipinski definition) is 1. The van der Waals surface area contributed by atoms with Gasteiger partial charge in [0.05, 0.1) is 12.8 Å². The van der Waals surface area contributed by atoms with Gasteiger partial charge in [0.2, 0.25) is 12.5 Å². The summed E-state index contributed by atoms with van der Waals surface area (Å²) in [6.07, 6.45) is 0.870. The summed E-state index contributed by atoms with van der Waals surface area (Å²) >= 11 is 0. The Morgan fingerprint density at radius 3 is 2.96 bits per heavy atom. The van der Waals surface area contributed by atoms with Gasteiger partial charge in [-0.3, -0.25) is 4.90 Å². The predicted octanol–water partition coefficient (Wildman–Crippen LogP) is 1.56. The van der Waals surface area contributed by atoms with Crippen molar-refractivity contribution < 1.29 is 14.2 Å². The summed E-state index contributed by atoms with van der Waals surface area (Å²) in [4.78, 5) is 2.21. The lowest BCUT2D eigenvalue weighted by molar-refractivity contribution is 0.170. The summed E-state index contributed by atoms with van der Waals surface area (Å²) in [5.41, 5.74) is 9.56. The lowest BCUT2D eigenvalue weighted by Gasteiger charge is -2.34. The van der Waals surface area contributed by atoms with E-state index in [1.165, 1.54) is 0 Å². The molecule has 2 N–H and O–H groups in total. The SMILES string of the molecule is COc1c2c(cc3c1C(c1nnnn1-c1cccc(N)c1)N(C)CC3)OCO2. The first-order chi connectivity index (χ1) is 13.7. The van der Waals surface area contributed by atoms with E-state index >= 15 is 0 Å². The molecule has 9 heteroatoms. The molecule has 2 aliphatic rings. The van der Waals surface area contributed by atoms with E-state index in [4.69, 9.17) is 19.9 Å². The quantitative estimate of drug-likeness (QED) is 0.683. The third-order valence-electron chi connectivity index (χ3n) is 5.25. The monoisotopic (exact) mass is 380 g/mol. The molecule has 0 spiro atoms. The van der Waals surface area contributed by atoms with Gasteiger partial charge in [0.25, 0.3) is 0 Å². The maximum absolute atomic E-state index is 5.96. The summed E-state index contributed by atoms with van der Waals surface area (Å²) in [5, 5.41) is 12.5. The van der Waals surface area contributed by atoms with Crippen LogP contribution < -0.4 is 19.9 Å². The van der Waals surface area contributed by atoms with Crippen LogP contribution in [-0.2, 0) is 6.42 Å². The van der Waals surface area contributed by atoms with Crippen LogP contribution >= 0.6 is 0 Å². The minimum atomic E-state index is -0.204. The highest BCUT2D eigenvalue weighted by Gasteiger charge is 2.37. The number of fused-ring (bicyclic) bond motifs is 2. The van der Waals surface area contributed by atoms with E-state index in [0.29, 0.717) is 28.8 Å². The van der Waals surface area contributed by atoms with E-state index in [1.54, 1.807) is 11.8 Å². The zero-order chi connectivity index (χ0) is 19.3. The Kier molecular flexibility index (Phi) is 3.83. The van der Waals surface area contributed by atoms with Crippen molar-refractivity contribution >= 4 is 5.69 Å². The summed E-state index contributed by atoms with van der Waals surface area (Å²) < 4.78 is 18.8. The topological polar surface area (TPSA) is 101 Å². The minimum Gasteiger partial charge on any atom is -0.492 e. The smallest absolute Gasteiger partial charge is 0.231 e. The average Bonchev–Trinajstić information content (AvgIpc) is 3.35. The average molecular weight is 380 g/mol. The Morgan fingerprint density at radius 2 is 2.14 bits per heavy atom. The van der Waals surface area contributed by atoms with Crippen LogP contribution in [0.5, 0.6) is 17.2 Å². The van der Waals surface area contributed by atoms with Gasteiger partial charge in [0, 0.05) is 17.8 Å². The third-order valence-corrected chi connectivity index (χ3v) is 5.25. The van der Waals surface area contributed by atoms with Crippen molar-refractivity contribution in [2.24, 2.45) is 0 Å². The normalized spacial score (nSPS) is 18.1. The van der Waals surface area contributed by atoms with Crippen LogP contribution in [0.3, 0.4) is 0 Å². The van der Waals surface area contributed by atoms with Crippen LogP contribution in [0.15, 0.2) is 30.3 Å². The highest BCUT2D eigenvalue weighted by molar-refractivity contribution is 5.62. The Morgan fingerprint density at radius 1 is 1.25 bits per heavy atom. The number of benzene rings is 2. The number of nitrogens with two attached hydrogens (primary N) is 1. The summed E-state index contributed by atoms with van der Waals surface area (Å²) in [5.74, 6) is 2.70. The summed E-state index contributed by atoms with van der Waals surface area (Å²) in [6, 6.07) is 9.32. The molecule has 28 heavy (non-hydrogen) atoms. The van der Waals surface area contributed by atoms with Crippen LogP contribution in [0.25, 0.3) is 5.69 Å². The molecule has 3 aromatic rings. The molecular formula is C19H20N6O3. The van der Waals surface area contributed by atoms with Crippen molar-refractivity contribution in [2.75, 3.05) is 33.2 Å². The van der Waals surface area contributed by atoms with Crippen molar-refractivity contribution in [1.29, 1.82) is 0 Å². The van der Waals surface area contributed by atoms with Crippen LogP contribution in [0.2, 0.25) is 0 Å². The molecule has 0 bridgehead atoms. The number of nitrogen functional groups attached to an aromatic ring is 1. The lowest BCUT2D eigenvalue weighted by Crippen LogP contribution is -2.35. The first-order valence-corrected chi connectivity index (χ1v) is 9.01. The Labute approximate surface area is 161 Å². The van der Waals surface area contributed by atoms with Gasteiger partial charge in [-0.1, -0.05) is 6.07 Å². The number of rotatable bonds is 3. The second kappa shape index (κ2) is 6.38. The lowest BCUT2D eigenvalue weighted by atomic mass is 9.90. The van der Waals surface area contributed by atoms with E-state index in [2.05, 4.69) is 27.5 Å².